The maximum atomic E-state index is 14.3. The minimum absolute atomic E-state index is 0.0107. The highest BCUT2D eigenvalue weighted by Gasteiger charge is 2.29. The lowest BCUT2D eigenvalue weighted by molar-refractivity contribution is -0.141. The fourth-order valence-corrected chi connectivity index (χ4v) is 5.00. The van der Waals surface area contributed by atoms with Crippen LogP contribution in [0, 0.1) is 5.82 Å². The van der Waals surface area contributed by atoms with Crippen molar-refractivity contribution in [3.8, 4) is 5.75 Å². The molecule has 0 spiro atoms. The Hall–Kier alpha value is -3.14. The number of nitrogens with one attached hydrogen (secondary N) is 1. The standard InChI is InChI=1S/C27H38FN3O5S/c1-5-7-17-29-27(33)24(6-2)30(20-21-12-10-13-22(19-21)36-3)26(32)16-11-18-31(37(4,34)35)25-15-9-8-14-23(25)28/h8-10,12-15,19,24H,5-7,11,16-18,20H2,1-4H3,(H,29,33). The average molecular weight is 536 g/mol. The molecule has 0 radical (unpaired) electrons. The van der Waals surface area contributed by atoms with Gasteiger partial charge in [0.05, 0.1) is 19.1 Å². The number of carbonyl (C=O) groups is 2. The second kappa shape index (κ2) is 14.6. The quantitative estimate of drug-likeness (QED) is 0.347. The van der Waals surface area contributed by atoms with E-state index in [1.807, 2.05) is 32.0 Å². The Labute approximate surface area is 219 Å². The number of sulfonamides is 1. The van der Waals surface area contributed by atoms with Crippen molar-refractivity contribution in [1.29, 1.82) is 0 Å². The lowest BCUT2D eigenvalue weighted by atomic mass is 10.1. The number of anilines is 1. The van der Waals surface area contributed by atoms with E-state index in [0.717, 1.165) is 29.0 Å². The van der Waals surface area contributed by atoms with Gasteiger partial charge >= 0.3 is 0 Å². The minimum atomic E-state index is -3.77. The van der Waals surface area contributed by atoms with E-state index in [4.69, 9.17) is 4.74 Å². The molecule has 1 unspecified atom stereocenters. The van der Waals surface area contributed by atoms with E-state index in [1.54, 1.807) is 19.2 Å². The summed E-state index contributed by atoms with van der Waals surface area (Å²) < 4.78 is 45.3. The van der Waals surface area contributed by atoms with Gasteiger partial charge in [-0.25, -0.2) is 12.8 Å². The first-order valence-corrected chi connectivity index (χ1v) is 14.4. The number of para-hydroxylation sites is 1. The molecule has 37 heavy (non-hydrogen) atoms. The van der Waals surface area contributed by atoms with Gasteiger partial charge in [-0.3, -0.25) is 13.9 Å². The Bertz CT molecular complexity index is 1140. The fourth-order valence-electron chi connectivity index (χ4n) is 4.03. The second-order valence-electron chi connectivity index (χ2n) is 8.83. The molecule has 2 aromatic carbocycles. The van der Waals surface area contributed by atoms with Crippen LogP contribution in [0.25, 0.3) is 0 Å². The van der Waals surface area contributed by atoms with Crippen LogP contribution in [0.5, 0.6) is 5.75 Å². The Balaban J connectivity index is 2.23. The number of halogens is 1. The molecule has 2 amide bonds. The molecule has 0 aliphatic carbocycles. The number of ether oxygens (including phenoxy) is 1. The third kappa shape index (κ3) is 9.03. The molecule has 0 heterocycles. The van der Waals surface area contributed by atoms with Crippen molar-refractivity contribution in [1.82, 2.24) is 10.2 Å². The van der Waals surface area contributed by atoms with Crippen LogP contribution in [0.2, 0.25) is 0 Å². The van der Waals surface area contributed by atoms with Crippen LogP contribution in [0.3, 0.4) is 0 Å². The number of nitrogens with zero attached hydrogens (tertiary/aromatic N) is 2. The van der Waals surface area contributed by atoms with E-state index in [0.29, 0.717) is 18.7 Å². The highest BCUT2D eigenvalue weighted by Crippen LogP contribution is 2.23. The molecule has 10 heteroatoms. The predicted molar refractivity (Wildman–Crippen MR) is 143 cm³/mol. The van der Waals surface area contributed by atoms with Crippen molar-refractivity contribution in [2.45, 2.75) is 58.5 Å². The molecule has 0 saturated carbocycles. The van der Waals surface area contributed by atoms with Gasteiger partial charge < -0.3 is 15.0 Å². The molecule has 1 atom stereocenters. The second-order valence-corrected chi connectivity index (χ2v) is 10.7. The molecule has 2 rings (SSSR count). The molecular formula is C27H38FN3O5S. The molecule has 0 aromatic heterocycles. The topological polar surface area (TPSA) is 96.0 Å². The summed E-state index contributed by atoms with van der Waals surface area (Å²) >= 11 is 0. The molecule has 0 aliphatic heterocycles. The van der Waals surface area contributed by atoms with Gasteiger partial charge in [0, 0.05) is 26.1 Å². The van der Waals surface area contributed by atoms with Gasteiger partial charge in [-0.2, -0.15) is 0 Å². The van der Waals surface area contributed by atoms with Crippen molar-refractivity contribution in [3.63, 3.8) is 0 Å². The molecule has 0 fully saturated rings. The lowest BCUT2D eigenvalue weighted by Gasteiger charge is -2.31. The minimum Gasteiger partial charge on any atom is -0.497 e. The third-order valence-corrected chi connectivity index (χ3v) is 7.16. The van der Waals surface area contributed by atoms with Crippen molar-refractivity contribution < 1.29 is 27.1 Å². The Morgan fingerprint density at radius 3 is 2.43 bits per heavy atom. The summed E-state index contributed by atoms with van der Waals surface area (Å²) in [7, 11) is -2.22. The van der Waals surface area contributed by atoms with Gasteiger partial charge in [0.25, 0.3) is 0 Å². The molecule has 204 valence electrons. The van der Waals surface area contributed by atoms with Crippen LogP contribution >= 0.6 is 0 Å². The summed E-state index contributed by atoms with van der Waals surface area (Å²) in [4.78, 5) is 28.0. The number of methoxy groups -OCH3 is 1. The number of carbonyl (C=O) groups excluding carboxylic acids is 2. The maximum Gasteiger partial charge on any atom is 0.242 e. The summed E-state index contributed by atoms with van der Waals surface area (Å²) in [6, 6.07) is 12.2. The van der Waals surface area contributed by atoms with E-state index >= 15 is 0 Å². The van der Waals surface area contributed by atoms with Crippen LogP contribution in [0.1, 0.15) is 51.5 Å². The van der Waals surface area contributed by atoms with Crippen LogP contribution < -0.4 is 14.4 Å². The number of hydrogen-bond donors (Lipinski definition) is 1. The molecule has 0 bridgehead atoms. The van der Waals surface area contributed by atoms with Crippen LogP contribution in [0.15, 0.2) is 48.5 Å². The van der Waals surface area contributed by atoms with Gasteiger partial charge in [0.1, 0.15) is 17.6 Å². The number of rotatable bonds is 15. The highest BCUT2D eigenvalue weighted by molar-refractivity contribution is 7.92. The van der Waals surface area contributed by atoms with Crippen molar-refractivity contribution in [3.05, 3.63) is 59.9 Å². The molecule has 0 saturated heterocycles. The summed E-state index contributed by atoms with van der Waals surface area (Å²) in [5, 5.41) is 2.91. The highest BCUT2D eigenvalue weighted by atomic mass is 32.2. The van der Waals surface area contributed by atoms with Crippen LogP contribution in [0.4, 0.5) is 10.1 Å². The Morgan fingerprint density at radius 2 is 1.81 bits per heavy atom. The molecule has 8 nitrogen and oxygen atoms in total. The van der Waals surface area contributed by atoms with Gasteiger partial charge in [-0.15, -0.1) is 0 Å². The zero-order valence-electron chi connectivity index (χ0n) is 22.1. The van der Waals surface area contributed by atoms with Gasteiger partial charge in [0.2, 0.25) is 21.8 Å². The van der Waals surface area contributed by atoms with E-state index in [-0.39, 0.29) is 43.4 Å². The van der Waals surface area contributed by atoms with Gasteiger partial charge in [0.15, 0.2) is 0 Å². The fraction of sp³-hybridized carbons (Fsp3) is 0.481. The zero-order valence-corrected chi connectivity index (χ0v) is 22.9. The largest absolute Gasteiger partial charge is 0.497 e. The van der Waals surface area contributed by atoms with E-state index in [2.05, 4.69) is 5.32 Å². The van der Waals surface area contributed by atoms with Crippen molar-refractivity contribution >= 4 is 27.5 Å². The van der Waals surface area contributed by atoms with Crippen molar-refractivity contribution in [2.75, 3.05) is 30.8 Å². The number of amides is 2. The number of unbranched alkanes of at least 4 members (excludes halogenated alkanes) is 1. The molecule has 2 aromatic rings. The summed E-state index contributed by atoms with van der Waals surface area (Å²) in [5.41, 5.74) is 0.740. The monoisotopic (exact) mass is 535 g/mol. The van der Waals surface area contributed by atoms with Crippen molar-refractivity contribution in [2.24, 2.45) is 0 Å². The van der Waals surface area contributed by atoms with Crippen LogP contribution in [-0.4, -0.2) is 57.6 Å². The maximum absolute atomic E-state index is 14.3. The predicted octanol–water partition coefficient (Wildman–Crippen LogP) is 4.10. The number of hydrogen-bond acceptors (Lipinski definition) is 5. The molecule has 1 N–H and O–H groups in total. The third-order valence-electron chi connectivity index (χ3n) is 5.98. The first kappa shape index (κ1) is 30.1. The summed E-state index contributed by atoms with van der Waals surface area (Å²) in [5.74, 6) is -0.536. The normalized spacial score (nSPS) is 12.0. The van der Waals surface area contributed by atoms with Gasteiger partial charge in [-0.1, -0.05) is 44.5 Å². The zero-order chi connectivity index (χ0) is 27.4. The first-order valence-electron chi connectivity index (χ1n) is 12.5. The summed E-state index contributed by atoms with van der Waals surface area (Å²) in [6.07, 6.45) is 3.33. The average Bonchev–Trinajstić information content (AvgIpc) is 2.86. The van der Waals surface area contributed by atoms with E-state index < -0.39 is 21.9 Å². The smallest absolute Gasteiger partial charge is 0.242 e. The Kier molecular flexibility index (Phi) is 11.8. The SMILES string of the molecule is CCCCNC(=O)C(CC)N(Cc1cccc(OC)c1)C(=O)CCCN(c1ccccc1F)S(C)(=O)=O. The number of benzene rings is 2. The first-order chi connectivity index (χ1) is 17.6. The Morgan fingerprint density at radius 1 is 1.08 bits per heavy atom. The molecule has 0 aliphatic rings. The van der Waals surface area contributed by atoms with Gasteiger partial charge in [-0.05, 0) is 49.1 Å². The van der Waals surface area contributed by atoms with E-state index in [9.17, 15) is 22.4 Å². The molecular weight excluding hydrogens is 497 g/mol. The lowest BCUT2D eigenvalue weighted by Crippen LogP contribution is -2.49. The van der Waals surface area contributed by atoms with Crippen LogP contribution in [-0.2, 0) is 26.2 Å². The van der Waals surface area contributed by atoms with E-state index in [1.165, 1.54) is 23.1 Å². The summed E-state index contributed by atoms with van der Waals surface area (Å²) in [6.45, 7) is 4.53.